The molecule has 1 amide bonds. The number of amides is 1. The summed E-state index contributed by atoms with van der Waals surface area (Å²) in [6.45, 7) is 7.88. The number of nitrogens with one attached hydrogen (secondary N) is 1. The van der Waals surface area contributed by atoms with Crippen LogP contribution < -0.4 is 20.3 Å². The number of rotatable bonds is 6. The van der Waals surface area contributed by atoms with Gasteiger partial charge in [-0.2, -0.15) is 5.26 Å². The van der Waals surface area contributed by atoms with Crippen molar-refractivity contribution >= 4 is 33.0 Å². The van der Waals surface area contributed by atoms with Gasteiger partial charge in [-0.3, -0.25) is 4.79 Å². The molecule has 3 aromatic rings. The highest BCUT2D eigenvalue weighted by Crippen LogP contribution is 2.49. The van der Waals surface area contributed by atoms with Crippen LogP contribution >= 0.6 is 0 Å². The fourth-order valence-electron chi connectivity index (χ4n) is 6.48. The number of sulfonamides is 1. The molecule has 3 aromatic carbocycles. The first-order valence-electron chi connectivity index (χ1n) is 13.9. The second kappa shape index (κ2) is 10.4. The number of fused-ring (bicyclic) bond motifs is 1. The van der Waals surface area contributed by atoms with E-state index in [-0.39, 0.29) is 10.8 Å². The highest BCUT2D eigenvalue weighted by Gasteiger charge is 2.56. The SMILES string of the molecule is Cc1cc(C)c(C(=O)N2CCN(c3ccccc3S(N)(=O)=O)CC2)cc1NC1C2CN(c3ccccc3C#N)CC21. The lowest BCUT2D eigenvalue weighted by Gasteiger charge is -2.37. The van der Waals surface area contributed by atoms with E-state index in [2.05, 4.69) is 29.3 Å². The Hall–Kier alpha value is -4.07. The molecule has 3 aliphatic rings. The molecule has 6 rings (SSSR count). The van der Waals surface area contributed by atoms with E-state index >= 15 is 0 Å². The maximum atomic E-state index is 13.6. The number of carbonyl (C=O) groups is 1. The Labute approximate surface area is 241 Å². The van der Waals surface area contributed by atoms with E-state index in [4.69, 9.17) is 5.14 Å². The first-order valence-corrected chi connectivity index (χ1v) is 15.5. The smallest absolute Gasteiger partial charge is 0.254 e. The fraction of sp³-hybridized carbons (Fsp3) is 0.355. The number of anilines is 3. The van der Waals surface area contributed by atoms with E-state index in [1.165, 1.54) is 6.07 Å². The van der Waals surface area contributed by atoms with Crippen molar-refractivity contribution in [2.24, 2.45) is 17.0 Å². The predicted octanol–water partition coefficient (Wildman–Crippen LogP) is 3.33. The first-order chi connectivity index (χ1) is 19.7. The molecule has 0 aromatic heterocycles. The summed E-state index contributed by atoms with van der Waals surface area (Å²) in [5, 5.41) is 18.6. The number of nitrogens with zero attached hydrogens (tertiary/aromatic N) is 4. The van der Waals surface area contributed by atoms with Crippen molar-refractivity contribution in [1.29, 1.82) is 5.26 Å². The number of piperazine rings is 1. The molecule has 2 aliphatic heterocycles. The van der Waals surface area contributed by atoms with Crippen molar-refractivity contribution in [2.75, 3.05) is 54.4 Å². The number of hydrogen-bond acceptors (Lipinski definition) is 7. The number of primary sulfonamides is 1. The molecule has 1 aliphatic carbocycles. The predicted molar refractivity (Wildman–Crippen MR) is 160 cm³/mol. The number of carbonyl (C=O) groups excluding carboxylic acids is 1. The molecule has 2 heterocycles. The molecule has 41 heavy (non-hydrogen) atoms. The maximum absolute atomic E-state index is 13.6. The van der Waals surface area contributed by atoms with E-state index in [1.54, 1.807) is 18.2 Å². The van der Waals surface area contributed by atoms with Gasteiger partial charge < -0.3 is 20.0 Å². The second-order valence-electron chi connectivity index (χ2n) is 11.3. The largest absolute Gasteiger partial charge is 0.381 e. The summed E-state index contributed by atoms with van der Waals surface area (Å²) in [4.78, 5) is 19.9. The highest BCUT2D eigenvalue weighted by molar-refractivity contribution is 7.89. The monoisotopic (exact) mass is 570 g/mol. The minimum absolute atomic E-state index is 0.0137. The molecule has 1 saturated carbocycles. The number of nitriles is 1. The quantitative estimate of drug-likeness (QED) is 0.466. The summed E-state index contributed by atoms with van der Waals surface area (Å²) >= 11 is 0. The van der Waals surface area contributed by atoms with Crippen LogP contribution in [0.1, 0.15) is 27.0 Å². The van der Waals surface area contributed by atoms with Gasteiger partial charge in [-0.1, -0.05) is 30.3 Å². The lowest BCUT2D eigenvalue weighted by Crippen LogP contribution is -2.49. The number of benzene rings is 3. The van der Waals surface area contributed by atoms with Crippen molar-refractivity contribution in [3.63, 3.8) is 0 Å². The molecule has 212 valence electrons. The third kappa shape index (κ3) is 5.11. The molecular weight excluding hydrogens is 536 g/mol. The molecule has 9 nitrogen and oxygen atoms in total. The summed E-state index contributed by atoms with van der Waals surface area (Å²) in [5.74, 6) is 1.00. The maximum Gasteiger partial charge on any atom is 0.254 e. The number of aryl methyl sites for hydroxylation is 2. The molecule has 2 atom stereocenters. The van der Waals surface area contributed by atoms with E-state index in [0.717, 1.165) is 35.6 Å². The van der Waals surface area contributed by atoms with Gasteiger partial charge in [0.2, 0.25) is 10.0 Å². The van der Waals surface area contributed by atoms with Crippen LogP contribution in [0.2, 0.25) is 0 Å². The second-order valence-corrected chi connectivity index (χ2v) is 12.8. The van der Waals surface area contributed by atoms with Gasteiger partial charge in [0.05, 0.1) is 16.9 Å². The normalized spacial score (nSPS) is 21.8. The third-order valence-electron chi connectivity index (χ3n) is 8.76. The van der Waals surface area contributed by atoms with Crippen LogP contribution in [-0.4, -0.2) is 64.5 Å². The molecule has 0 spiro atoms. The van der Waals surface area contributed by atoms with Crippen LogP contribution in [0.5, 0.6) is 0 Å². The van der Waals surface area contributed by atoms with Gasteiger partial charge in [0.25, 0.3) is 5.91 Å². The molecule has 2 saturated heterocycles. The van der Waals surface area contributed by atoms with Crippen molar-refractivity contribution in [3.8, 4) is 6.07 Å². The third-order valence-corrected chi connectivity index (χ3v) is 9.72. The molecule has 3 fully saturated rings. The lowest BCUT2D eigenvalue weighted by atomic mass is 10.0. The Bertz CT molecular complexity index is 1650. The van der Waals surface area contributed by atoms with Gasteiger partial charge in [0, 0.05) is 68.4 Å². The number of nitrogens with two attached hydrogens (primary N) is 1. The van der Waals surface area contributed by atoms with Crippen LogP contribution in [0.15, 0.2) is 65.6 Å². The van der Waals surface area contributed by atoms with Gasteiger partial charge in [-0.15, -0.1) is 0 Å². The Morgan fingerprint density at radius 2 is 1.54 bits per heavy atom. The molecule has 3 N–H and O–H groups in total. The lowest BCUT2D eigenvalue weighted by molar-refractivity contribution is 0.0746. The molecule has 0 radical (unpaired) electrons. The van der Waals surface area contributed by atoms with Crippen molar-refractivity contribution in [1.82, 2.24) is 4.90 Å². The van der Waals surface area contributed by atoms with Crippen LogP contribution in [-0.2, 0) is 10.0 Å². The van der Waals surface area contributed by atoms with Gasteiger partial charge in [-0.25, -0.2) is 13.6 Å². The van der Waals surface area contributed by atoms with Gasteiger partial charge in [-0.05, 0) is 55.3 Å². The van der Waals surface area contributed by atoms with Crippen LogP contribution in [0.4, 0.5) is 17.1 Å². The fourth-order valence-corrected chi connectivity index (χ4v) is 7.24. The molecule has 2 unspecified atom stereocenters. The minimum atomic E-state index is -3.85. The van der Waals surface area contributed by atoms with Gasteiger partial charge in [0.1, 0.15) is 11.0 Å². The Morgan fingerprint density at radius 3 is 2.20 bits per heavy atom. The summed E-state index contributed by atoms with van der Waals surface area (Å²) in [6.07, 6.45) is 0. The summed E-state index contributed by atoms with van der Waals surface area (Å²) < 4.78 is 24.1. The Balaban J connectivity index is 1.11. The molecular formula is C31H34N6O3S. The van der Waals surface area contributed by atoms with Crippen LogP contribution in [0.3, 0.4) is 0 Å². The van der Waals surface area contributed by atoms with Crippen LogP contribution in [0.25, 0.3) is 0 Å². The first kappa shape index (κ1) is 27.1. The summed E-state index contributed by atoms with van der Waals surface area (Å²) in [7, 11) is -3.85. The highest BCUT2D eigenvalue weighted by atomic mass is 32.2. The standard InChI is InChI=1S/C31H34N6O3S/c1-20-15-21(2)26(34-30-24-18-37(19-25(24)30)27-8-4-3-7-22(27)17-32)16-23(20)31(38)36-13-11-35(12-14-36)28-9-5-6-10-29(28)41(33,39)40/h3-10,15-16,24-25,30,34H,11-14,18-19H2,1-2H3,(H2,33,39,40). The van der Waals surface area contributed by atoms with E-state index in [0.29, 0.717) is 60.9 Å². The van der Waals surface area contributed by atoms with E-state index < -0.39 is 10.0 Å². The van der Waals surface area contributed by atoms with Crippen molar-refractivity contribution < 1.29 is 13.2 Å². The summed E-state index contributed by atoms with van der Waals surface area (Å²) in [6, 6.07) is 21.2. The molecule has 0 bridgehead atoms. The average Bonchev–Trinajstić information content (AvgIpc) is 3.39. The summed E-state index contributed by atoms with van der Waals surface area (Å²) in [5.41, 5.74) is 6.02. The van der Waals surface area contributed by atoms with Crippen molar-refractivity contribution in [3.05, 3.63) is 82.9 Å². The Kier molecular flexibility index (Phi) is 6.88. The molecule has 10 heteroatoms. The van der Waals surface area contributed by atoms with Crippen molar-refractivity contribution in [2.45, 2.75) is 24.8 Å². The number of para-hydroxylation sites is 2. The van der Waals surface area contributed by atoms with Crippen LogP contribution in [0, 0.1) is 37.0 Å². The number of piperidine rings is 1. The Morgan fingerprint density at radius 1 is 0.902 bits per heavy atom. The van der Waals surface area contributed by atoms with E-state index in [9.17, 15) is 18.5 Å². The zero-order valence-corrected chi connectivity index (χ0v) is 24.1. The zero-order valence-electron chi connectivity index (χ0n) is 23.2. The average molecular weight is 571 g/mol. The topological polar surface area (TPSA) is 123 Å². The van der Waals surface area contributed by atoms with Gasteiger partial charge >= 0.3 is 0 Å². The van der Waals surface area contributed by atoms with E-state index in [1.807, 2.05) is 47.1 Å². The van der Waals surface area contributed by atoms with Gasteiger partial charge in [0.15, 0.2) is 0 Å². The minimum Gasteiger partial charge on any atom is -0.381 e. The zero-order chi connectivity index (χ0) is 28.9. The number of hydrogen-bond donors (Lipinski definition) is 2.